The standard InChI is InChI=1S/C14H9Cl3F2N2/c1-7(9-3-4-10(15)14(17)13(9)16)20-21-12-5-2-8(18)6-11(12)19/h2-6,21H,1H3. The van der Waals surface area contributed by atoms with Crippen molar-refractivity contribution in [3.8, 4) is 0 Å². The number of hydrazone groups is 1. The summed E-state index contributed by atoms with van der Waals surface area (Å²) >= 11 is 17.9. The van der Waals surface area contributed by atoms with Crippen molar-refractivity contribution in [2.75, 3.05) is 5.43 Å². The van der Waals surface area contributed by atoms with Crippen molar-refractivity contribution in [3.05, 3.63) is 62.6 Å². The maximum atomic E-state index is 13.5. The van der Waals surface area contributed by atoms with Crippen molar-refractivity contribution >= 4 is 46.2 Å². The van der Waals surface area contributed by atoms with E-state index in [-0.39, 0.29) is 15.7 Å². The Bertz CT molecular complexity index is 718. The largest absolute Gasteiger partial charge is 0.275 e. The zero-order valence-electron chi connectivity index (χ0n) is 10.7. The molecule has 21 heavy (non-hydrogen) atoms. The topological polar surface area (TPSA) is 24.4 Å². The summed E-state index contributed by atoms with van der Waals surface area (Å²) in [5.41, 5.74) is 3.59. The molecule has 0 aromatic heterocycles. The van der Waals surface area contributed by atoms with Gasteiger partial charge < -0.3 is 0 Å². The van der Waals surface area contributed by atoms with Crippen LogP contribution in [-0.4, -0.2) is 5.71 Å². The summed E-state index contributed by atoms with van der Waals surface area (Å²) < 4.78 is 26.3. The average Bonchev–Trinajstić information content (AvgIpc) is 2.43. The Labute approximate surface area is 135 Å². The van der Waals surface area contributed by atoms with Crippen LogP contribution in [0.3, 0.4) is 0 Å². The van der Waals surface area contributed by atoms with Gasteiger partial charge in [-0.2, -0.15) is 5.10 Å². The second-order valence-electron chi connectivity index (χ2n) is 4.16. The predicted molar refractivity (Wildman–Crippen MR) is 83.7 cm³/mol. The molecule has 0 saturated heterocycles. The van der Waals surface area contributed by atoms with Crippen LogP contribution in [-0.2, 0) is 0 Å². The molecule has 0 aliphatic carbocycles. The summed E-state index contributed by atoms with van der Waals surface area (Å²) in [6, 6.07) is 6.38. The molecule has 2 aromatic rings. The average molecular weight is 350 g/mol. The minimum Gasteiger partial charge on any atom is -0.275 e. The highest BCUT2D eigenvalue weighted by Crippen LogP contribution is 2.33. The van der Waals surface area contributed by atoms with Crippen LogP contribution >= 0.6 is 34.8 Å². The van der Waals surface area contributed by atoms with E-state index in [1.807, 2.05) is 0 Å². The van der Waals surface area contributed by atoms with Crippen molar-refractivity contribution in [1.29, 1.82) is 0 Å². The highest BCUT2D eigenvalue weighted by Gasteiger charge is 2.11. The quantitative estimate of drug-likeness (QED) is 0.425. The first-order valence-corrected chi connectivity index (χ1v) is 6.92. The molecule has 7 heteroatoms. The predicted octanol–water partition coefficient (Wildman–Crippen LogP) is 5.76. The van der Waals surface area contributed by atoms with E-state index in [2.05, 4.69) is 10.5 Å². The molecule has 1 N–H and O–H groups in total. The van der Waals surface area contributed by atoms with Gasteiger partial charge in [0.2, 0.25) is 0 Å². The lowest BCUT2D eigenvalue weighted by molar-refractivity contribution is 0.585. The zero-order valence-corrected chi connectivity index (χ0v) is 13.0. The molecule has 0 spiro atoms. The van der Waals surface area contributed by atoms with Crippen LogP contribution in [0, 0.1) is 11.6 Å². The molecular formula is C14H9Cl3F2N2. The zero-order chi connectivity index (χ0) is 15.6. The Morgan fingerprint density at radius 3 is 2.43 bits per heavy atom. The molecule has 0 heterocycles. The fourth-order valence-electron chi connectivity index (χ4n) is 1.59. The molecule has 2 aromatic carbocycles. The molecule has 2 nitrogen and oxygen atoms in total. The second-order valence-corrected chi connectivity index (χ2v) is 5.32. The van der Waals surface area contributed by atoms with Crippen molar-refractivity contribution in [1.82, 2.24) is 0 Å². The first-order chi connectivity index (χ1) is 9.90. The minimum absolute atomic E-state index is 0.0481. The third-order valence-electron chi connectivity index (χ3n) is 2.70. The Kier molecular flexibility index (Phi) is 5.04. The van der Waals surface area contributed by atoms with Gasteiger partial charge in [0.15, 0.2) is 5.82 Å². The lowest BCUT2D eigenvalue weighted by atomic mass is 10.1. The highest BCUT2D eigenvalue weighted by atomic mass is 35.5. The summed E-state index contributed by atoms with van der Waals surface area (Å²) in [7, 11) is 0. The minimum atomic E-state index is -0.744. The number of anilines is 1. The number of halogens is 5. The molecule has 0 bridgehead atoms. The van der Waals surface area contributed by atoms with Crippen molar-refractivity contribution < 1.29 is 8.78 Å². The molecule has 0 amide bonds. The van der Waals surface area contributed by atoms with E-state index in [4.69, 9.17) is 34.8 Å². The number of nitrogens with one attached hydrogen (secondary N) is 1. The first kappa shape index (κ1) is 16.0. The fraction of sp³-hybridized carbons (Fsp3) is 0.0714. The van der Waals surface area contributed by atoms with Crippen LogP contribution in [0.5, 0.6) is 0 Å². The number of hydrogen-bond acceptors (Lipinski definition) is 2. The van der Waals surface area contributed by atoms with Gasteiger partial charge in [0.05, 0.1) is 26.5 Å². The molecule has 0 aliphatic rings. The van der Waals surface area contributed by atoms with Gasteiger partial charge in [-0.05, 0) is 25.1 Å². The van der Waals surface area contributed by atoms with E-state index >= 15 is 0 Å². The number of nitrogens with zero attached hydrogens (tertiary/aromatic N) is 1. The Balaban J connectivity index is 2.28. The Morgan fingerprint density at radius 2 is 1.76 bits per heavy atom. The van der Waals surface area contributed by atoms with Gasteiger partial charge in [0, 0.05) is 11.6 Å². The van der Waals surface area contributed by atoms with Crippen LogP contribution in [0.2, 0.25) is 15.1 Å². The smallest absolute Gasteiger partial charge is 0.151 e. The summed E-state index contributed by atoms with van der Waals surface area (Å²) in [6.07, 6.45) is 0. The molecule has 0 unspecified atom stereocenters. The van der Waals surface area contributed by atoms with E-state index in [0.29, 0.717) is 16.3 Å². The van der Waals surface area contributed by atoms with Crippen molar-refractivity contribution in [3.63, 3.8) is 0 Å². The first-order valence-electron chi connectivity index (χ1n) is 5.79. The SMILES string of the molecule is CC(=NNc1ccc(F)cc1F)c1ccc(Cl)c(Cl)c1Cl. The van der Waals surface area contributed by atoms with Gasteiger partial charge >= 0.3 is 0 Å². The van der Waals surface area contributed by atoms with Gasteiger partial charge in [-0.15, -0.1) is 0 Å². The van der Waals surface area contributed by atoms with Gasteiger partial charge in [-0.25, -0.2) is 8.78 Å². The number of hydrogen-bond donors (Lipinski definition) is 1. The molecular weight excluding hydrogens is 341 g/mol. The lowest BCUT2D eigenvalue weighted by Gasteiger charge is -2.08. The van der Waals surface area contributed by atoms with Crippen LogP contribution in [0.4, 0.5) is 14.5 Å². The van der Waals surface area contributed by atoms with E-state index in [9.17, 15) is 8.78 Å². The van der Waals surface area contributed by atoms with E-state index < -0.39 is 11.6 Å². The second kappa shape index (κ2) is 6.60. The maximum absolute atomic E-state index is 13.5. The van der Waals surface area contributed by atoms with Crippen LogP contribution in [0.15, 0.2) is 35.4 Å². The van der Waals surface area contributed by atoms with Crippen LogP contribution in [0.25, 0.3) is 0 Å². The molecule has 0 aliphatic heterocycles. The fourth-order valence-corrected chi connectivity index (χ4v) is 2.26. The maximum Gasteiger partial charge on any atom is 0.151 e. The molecule has 2 rings (SSSR count). The Hall–Kier alpha value is -1.36. The van der Waals surface area contributed by atoms with E-state index in [1.54, 1.807) is 19.1 Å². The van der Waals surface area contributed by atoms with E-state index in [1.165, 1.54) is 6.07 Å². The molecule has 110 valence electrons. The van der Waals surface area contributed by atoms with E-state index in [0.717, 1.165) is 12.1 Å². The van der Waals surface area contributed by atoms with Crippen LogP contribution < -0.4 is 5.43 Å². The number of benzene rings is 2. The number of rotatable bonds is 3. The van der Waals surface area contributed by atoms with Crippen molar-refractivity contribution in [2.24, 2.45) is 5.10 Å². The summed E-state index contributed by atoms with van der Waals surface area (Å²) in [5, 5.41) is 4.81. The third kappa shape index (κ3) is 3.64. The van der Waals surface area contributed by atoms with Crippen LogP contribution in [0.1, 0.15) is 12.5 Å². The molecule has 0 atom stereocenters. The third-order valence-corrected chi connectivity index (χ3v) is 3.99. The molecule has 0 fully saturated rings. The van der Waals surface area contributed by atoms with Gasteiger partial charge in [-0.1, -0.05) is 40.9 Å². The van der Waals surface area contributed by atoms with Gasteiger partial charge in [0.1, 0.15) is 5.82 Å². The summed E-state index contributed by atoms with van der Waals surface area (Å²) in [6.45, 7) is 1.67. The Morgan fingerprint density at radius 1 is 1.05 bits per heavy atom. The summed E-state index contributed by atoms with van der Waals surface area (Å²) in [4.78, 5) is 0. The molecule has 0 saturated carbocycles. The highest BCUT2D eigenvalue weighted by molar-refractivity contribution is 6.49. The summed E-state index contributed by atoms with van der Waals surface area (Å²) in [5.74, 6) is -1.40. The van der Waals surface area contributed by atoms with Gasteiger partial charge in [0.25, 0.3) is 0 Å². The normalized spacial score (nSPS) is 11.6. The monoisotopic (exact) mass is 348 g/mol. The molecule has 0 radical (unpaired) electrons. The van der Waals surface area contributed by atoms with Crippen molar-refractivity contribution in [2.45, 2.75) is 6.92 Å². The lowest BCUT2D eigenvalue weighted by Crippen LogP contribution is -2.02. The van der Waals surface area contributed by atoms with Gasteiger partial charge in [-0.3, -0.25) is 5.43 Å².